The van der Waals surface area contributed by atoms with Crippen molar-refractivity contribution < 1.29 is 19.4 Å². The fourth-order valence-corrected chi connectivity index (χ4v) is 9.98. The van der Waals surface area contributed by atoms with Gasteiger partial charge in [-0.1, -0.05) is 58.3 Å². The van der Waals surface area contributed by atoms with E-state index in [1.54, 1.807) is 0 Å². The van der Waals surface area contributed by atoms with E-state index in [1.807, 2.05) is 0 Å². The van der Waals surface area contributed by atoms with Crippen LogP contribution in [0.2, 0.25) is 0 Å². The van der Waals surface area contributed by atoms with Crippen molar-refractivity contribution in [3.05, 3.63) is 0 Å². The minimum absolute atomic E-state index is 0.0142. The molecular formula is C37H66N6O2+2. The largest absolute Gasteiger partial charge is 0.462 e. The van der Waals surface area contributed by atoms with Gasteiger partial charge in [-0.25, -0.2) is 20.2 Å². The minimum Gasteiger partial charge on any atom is -0.462 e. The number of nitrogens with two attached hydrogens (primary N) is 1. The first-order valence-corrected chi connectivity index (χ1v) is 19.5. The van der Waals surface area contributed by atoms with Crippen molar-refractivity contribution in [1.29, 1.82) is 0 Å². The van der Waals surface area contributed by atoms with Gasteiger partial charge >= 0.3 is 11.9 Å². The van der Waals surface area contributed by atoms with E-state index < -0.39 is 0 Å². The van der Waals surface area contributed by atoms with Gasteiger partial charge in [-0.2, -0.15) is 0 Å². The van der Waals surface area contributed by atoms with E-state index in [4.69, 9.17) is 9.73 Å². The van der Waals surface area contributed by atoms with Crippen LogP contribution in [0.25, 0.3) is 0 Å². The summed E-state index contributed by atoms with van der Waals surface area (Å²) in [4.78, 5) is 21.0. The molecule has 45 heavy (non-hydrogen) atoms. The van der Waals surface area contributed by atoms with Crippen LogP contribution < -0.4 is 16.0 Å². The number of aliphatic imine (C=N–C) groups is 1. The predicted octanol–water partition coefficient (Wildman–Crippen LogP) is 5.20. The lowest BCUT2D eigenvalue weighted by Gasteiger charge is -2.47. The Bertz CT molecular complexity index is 1060. The van der Waals surface area contributed by atoms with Gasteiger partial charge in [0.05, 0.1) is 24.1 Å². The molecule has 0 aromatic carbocycles. The average molecular weight is 627 g/mol. The highest BCUT2D eigenvalue weighted by atomic mass is 16.5. The van der Waals surface area contributed by atoms with Crippen LogP contribution in [0.4, 0.5) is 0 Å². The van der Waals surface area contributed by atoms with E-state index in [-0.39, 0.29) is 30.1 Å². The van der Waals surface area contributed by atoms with Crippen molar-refractivity contribution in [1.82, 2.24) is 15.5 Å². The minimum atomic E-state index is -0.142. The first-order chi connectivity index (χ1) is 21.9. The van der Waals surface area contributed by atoms with Crippen LogP contribution >= 0.6 is 0 Å². The number of ether oxygens (including phenoxy) is 1. The van der Waals surface area contributed by atoms with Gasteiger partial charge in [0.1, 0.15) is 18.1 Å². The molecule has 8 nitrogen and oxygen atoms in total. The SMILES string of the molecule is CCCCCCC[C@@H]1C[C@@H]2CC[C@H]3[C@@H](C(=O)OC(C)CCCCCCC[C@@H]4C[C@@H]5CC[C@@H]6C[C@H](C)[NH2+]C(=[N+]65)N4)[C@@H](C)N=C(N1)N23. The molecule has 6 aliphatic rings. The highest BCUT2D eigenvalue weighted by Crippen LogP contribution is 2.40. The average Bonchev–Trinajstić information content (AvgIpc) is 3.61. The normalized spacial score (nSPS) is 35.7. The Morgan fingerprint density at radius 3 is 2.38 bits per heavy atom. The second-order valence-corrected chi connectivity index (χ2v) is 15.9. The lowest BCUT2D eigenvalue weighted by Crippen LogP contribution is -3.00. The van der Waals surface area contributed by atoms with Crippen LogP contribution in [0, 0.1) is 5.92 Å². The molecule has 8 heteroatoms. The highest BCUT2D eigenvalue weighted by molar-refractivity contribution is 5.86. The summed E-state index contributed by atoms with van der Waals surface area (Å²) in [5.74, 6) is 2.35. The number of rotatable bonds is 16. The van der Waals surface area contributed by atoms with E-state index in [0.29, 0.717) is 24.2 Å². The smallest absolute Gasteiger partial charge is 0.441 e. The third-order valence-electron chi connectivity index (χ3n) is 12.2. The maximum absolute atomic E-state index is 13.5. The van der Waals surface area contributed by atoms with Gasteiger partial charge in [0, 0.05) is 31.0 Å². The molecule has 0 aromatic heterocycles. The predicted molar refractivity (Wildman–Crippen MR) is 181 cm³/mol. The number of esters is 1. The number of quaternary nitrogens is 1. The molecule has 0 radical (unpaired) electrons. The van der Waals surface area contributed by atoms with Crippen molar-refractivity contribution >= 4 is 17.9 Å². The fourth-order valence-electron chi connectivity index (χ4n) is 9.98. The molecule has 0 aromatic rings. The number of nitrogens with one attached hydrogen (secondary N) is 2. The van der Waals surface area contributed by atoms with Gasteiger partial charge in [-0.15, -0.1) is 0 Å². The third-order valence-corrected chi connectivity index (χ3v) is 12.2. The molecule has 3 saturated heterocycles. The number of carbonyl (C=O) groups is 1. The molecule has 0 aliphatic carbocycles. The second-order valence-electron chi connectivity index (χ2n) is 15.9. The number of guanidine groups is 2. The zero-order valence-electron chi connectivity index (χ0n) is 29.2. The van der Waals surface area contributed by atoms with Crippen LogP contribution in [-0.2, 0) is 9.53 Å². The summed E-state index contributed by atoms with van der Waals surface area (Å²) in [5, 5.41) is 10.2. The fraction of sp³-hybridized carbons (Fsp3) is 0.919. The van der Waals surface area contributed by atoms with Crippen molar-refractivity contribution in [3.8, 4) is 0 Å². The molecule has 4 N–H and O–H groups in total. The molecule has 0 bridgehead atoms. The van der Waals surface area contributed by atoms with Gasteiger partial charge in [0.25, 0.3) is 0 Å². The molecule has 6 rings (SSSR count). The Labute approximate surface area is 274 Å². The number of hydrogen-bond acceptors (Lipinski definition) is 6. The summed E-state index contributed by atoms with van der Waals surface area (Å²) in [6.07, 6.45) is 25.3. The Morgan fingerprint density at radius 1 is 0.911 bits per heavy atom. The van der Waals surface area contributed by atoms with Gasteiger partial charge in [-0.3, -0.25) is 4.79 Å². The number of hydrogen-bond donors (Lipinski definition) is 3. The summed E-state index contributed by atoms with van der Waals surface area (Å²) >= 11 is 0. The summed E-state index contributed by atoms with van der Waals surface area (Å²) in [6, 6.07) is 4.22. The van der Waals surface area contributed by atoms with Crippen LogP contribution in [0.3, 0.4) is 0 Å². The topological polar surface area (TPSA) is 85.6 Å². The molecule has 6 aliphatic heterocycles. The van der Waals surface area contributed by atoms with Crippen molar-refractivity contribution in [2.75, 3.05) is 0 Å². The first-order valence-electron chi connectivity index (χ1n) is 19.5. The number of unbranched alkanes of at least 4 members (excludes halogenated alkanes) is 8. The van der Waals surface area contributed by atoms with E-state index in [1.165, 1.54) is 115 Å². The van der Waals surface area contributed by atoms with Gasteiger partial charge in [-0.05, 0) is 85.0 Å². The molecule has 3 fully saturated rings. The molecule has 10 atom stereocenters. The van der Waals surface area contributed by atoms with Crippen LogP contribution in [0.1, 0.15) is 156 Å². The quantitative estimate of drug-likeness (QED) is 0.125. The highest BCUT2D eigenvalue weighted by Gasteiger charge is 2.51. The van der Waals surface area contributed by atoms with Crippen LogP contribution in [0.15, 0.2) is 4.99 Å². The summed E-state index contributed by atoms with van der Waals surface area (Å²) in [7, 11) is 0. The third kappa shape index (κ3) is 7.84. The van der Waals surface area contributed by atoms with Crippen molar-refractivity contribution in [2.24, 2.45) is 10.9 Å². The first kappa shape index (κ1) is 33.1. The lowest BCUT2D eigenvalue weighted by atomic mass is 9.89. The molecule has 0 spiro atoms. The summed E-state index contributed by atoms with van der Waals surface area (Å²) in [5.41, 5.74) is 0. The molecular weight excluding hydrogens is 560 g/mol. The summed E-state index contributed by atoms with van der Waals surface area (Å²) < 4.78 is 8.83. The van der Waals surface area contributed by atoms with Crippen molar-refractivity contribution in [3.63, 3.8) is 0 Å². The molecule has 6 heterocycles. The van der Waals surface area contributed by atoms with Crippen LogP contribution in [0.5, 0.6) is 0 Å². The standard InChI is InChI=1S/C37H64N6O2/c1-5-6-7-9-13-16-29-24-32-20-21-33-34(27(4)39-37(41-29)43(32)33)35(44)45-26(3)15-12-10-8-11-14-17-28-23-31-19-18-30-22-25(2)38-36(40-28)42(30)31/h25-34H,5-24H2,1-4H3,(H2,38,39,40,41)/p+2/t25-,26?,27+,28+,29+,30+,31-,32-,33-,34-/m0/s1. The van der Waals surface area contributed by atoms with Crippen LogP contribution in [-0.4, -0.2) is 81.8 Å². The van der Waals surface area contributed by atoms with E-state index in [0.717, 1.165) is 37.3 Å². The molecule has 254 valence electrons. The molecule has 0 saturated carbocycles. The lowest BCUT2D eigenvalue weighted by molar-refractivity contribution is -0.714. The maximum Gasteiger partial charge on any atom is 0.441 e. The Morgan fingerprint density at radius 2 is 1.60 bits per heavy atom. The van der Waals surface area contributed by atoms with Gasteiger partial charge in [0.2, 0.25) is 0 Å². The second kappa shape index (κ2) is 15.4. The van der Waals surface area contributed by atoms with E-state index in [2.05, 4.69) is 53.1 Å². The van der Waals surface area contributed by atoms with Gasteiger partial charge < -0.3 is 15.0 Å². The summed E-state index contributed by atoms with van der Waals surface area (Å²) in [6.45, 7) is 8.88. The Balaban J connectivity index is 0.868. The monoisotopic (exact) mass is 627 g/mol. The number of nitrogens with zero attached hydrogens (tertiary/aromatic N) is 3. The maximum atomic E-state index is 13.5. The Kier molecular flexibility index (Phi) is 11.3. The van der Waals surface area contributed by atoms with E-state index >= 15 is 0 Å². The molecule has 1 unspecified atom stereocenters. The van der Waals surface area contributed by atoms with Crippen molar-refractivity contribution in [2.45, 2.75) is 211 Å². The van der Waals surface area contributed by atoms with E-state index in [9.17, 15) is 4.79 Å². The number of carbonyl (C=O) groups excluding carboxylic acids is 1. The zero-order chi connectivity index (χ0) is 31.3. The van der Waals surface area contributed by atoms with Gasteiger partial charge in [0.15, 0.2) is 5.96 Å². The molecule has 0 amide bonds. The zero-order valence-corrected chi connectivity index (χ0v) is 29.2. The Hall–Kier alpha value is -1.83.